The predicted molar refractivity (Wildman–Crippen MR) is 97.9 cm³/mol. The summed E-state index contributed by atoms with van der Waals surface area (Å²) in [6.45, 7) is 4.02. The molecule has 1 amide bonds. The van der Waals surface area contributed by atoms with Crippen molar-refractivity contribution in [3.63, 3.8) is 0 Å². The van der Waals surface area contributed by atoms with Crippen molar-refractivity contribution >= 4 is 5.91 Å². The number of fused-ring (bicyclic) bond motifs is 1. The Bertz CT molecular complexity index is 786. The lowest BCUT2D eigenvalue weighted by Crippen LogP contribution is -2.41. The van der Waals surface area contributed by atoms with Gasteiger partial charge in [0, 0.05) is 18.4 Å². The summed E-state index contributed by atoms with van der Waals surface area (Å²) >= 11 is 0. The second kappa shape index (κ2) is 7.36. The number of hydrogen-bond acceptors (Lipinski definition) is 3. The Hall–Kier alpha value is -2.56. The van der Waals surface area contributed by atoms with E-state index in [1.54, 1.807) is 19.2 Å². The van der Waals surface area contributed by atoms with E-state index < -0.39 is 0 Å². The van der Waals surface area contributed by atoms with Gasteiger partial charge in [0.05, 0.1) is 13.2 Å². The summed E-state index contributed by atoms with van der Waals surface area (Å²) in [5, 5.41) is 3.12. The molecule has 0 fully saturated rings. The number of ether oxygens (including phenoxy) is 2. The molecule has 26 heavy (non-hydrogen) atoms. The maximum absolute atomic E-state index is 13.0. The number of amides is 1. The van der Waals surface area contributed by atoms with E-state index in [1.165, 1.54) is 12.1 Å². The Morgan fingerprint density at radius 2 is 2.00 bits per heavy atom. The summed E-state index contributed by atoms with van der Waals surface area (Å²) in [6.07, 6.45) is 1.60. The molecular weight excluding hydrogens is 333 g/mol. The molecule has 1 atom stereocenters. The van der Waals surface area contributed by atoms with Crippen LogP contribution in [0.1, 0.15) is 43.9 Å². The Morgan fingerprint density at radius 1 is 1.27 bits per heavy atom. The van der Waals surface area contributed by atoms with Crippen molar-refractivity contribution in [2.24, 2.45) is 0 Å². The second-order valence-corrected chi connectivity index (χ2v) is 7.22. The standard InChI is InChI=1S/C21H24FNO3/c1-21(2)13-18(17-12-16(25-3)9-10-19(17)26-21)23-20(24)11-6-14-4-7-15(22)8-5-14/h4-5,7-10,12,18H,6,11,13H2,1-3H3,(H,23,24). The van der Waals surface area contributed by atoms with E-state index in [1.807, 2.05) is 32.0 Å². The van der Waals surface area contributed by atoms with Crippen LogP contribution in [0.25, 0.3) is 0 Å². The molecule has 0 aromatic heterocycles. The zero-order valence-corrected chi connectivity index (χ0v) is 15.3. The van der Waals surface area contributed by atoms with Gasteiger partial charge in [-0.2, -0.15) is 0 Å². The van der Waals surface area contributed by atoms with Gasteiger partial charge in [-0.15, -0.1) is 0 Å². The lowest BCUT2D eigenvalue weighted by atomic mass is 9.89. The number of hydrogen-bond donors (Lipinski definition) is 1. The van der Waals surface area contributed by atoms with Gasteiger partial charge in [0.2, 0.25) is 5.91 Å². The van der Waals surface area contributed by atoms with E-state index in [-0.39, 0.29) is 23.4 Å². The minimum absolute atomic E-state index is 0.0363. The number of carbonyl (C=O) groups excluding carboxylic acids is 1. The molecule has 0 spiro atoms. The van der Waals surface area contributed by atoms with Gasteiger partial charge in [0.15, 0.2) is 0 Å². The van der Waals surface area contributed by atoms with E-state index in [0.717, 1.165) is 22.6 Å². The molecular formula is C21H24FNO3. The second-order valence-electron chi connectivity index (χ2n) is 7.22. The van der Waals surface area contributed by atoms with E-state index >= 15 is 0 Å². The monoisotopic (exact) mass is 357 g/mol. The normalized spacial score (nSPS) is 17.8. The molecule has 0 radical (unpaired) electrons. The number of aryl methyl sites for hydroxylation is 1. The first-order chi connectivity index (χ1) is 12.4. The molecule has 0 bridgehead atoms. The fourth-order valence-corrected chi connectivity index (χ4v) is 3.26. The van der Waals surface area contributed by atoms with Crippen molar-refractivity contribution < 1.29 is 18.7 Å². The first-order valence-electron chi connectivity index (χ1n) is 8.77. The smallest absolute Gasteiger partial charge is 0.220 e. The van der Waals surface area contributed by atoms with Crippen LogP contribution in [0.5, 0.6) is 11.5 Å². The van der Waals surface area contributed by atoms with Crippen LogP contribution in [0.4, 0.5) is 4.39 Å². The summed E-state index contributed by atoms with van der Waals surface area (Å²) in [4.78, 5) is 12.5. The highest BCUT2D eigenvalue weighted by Gasteiger charge is 2.34. The third-order valence-corrected chi connectivity index (χ3v) is 4.56. The molecule has 0 aliphatic carbocycles. The van der Waals surface area contributed by atoms with E-state index in [0.29, 0.717) is 19.3 Å². The number of halogens is 1. The number of benzene rings is 2. The minimum atomic E-state index is -0.365. The van der Waals surface area contributed by atoms with Crippen LogP contribution in [0.15, 0.2) is 42.5 Å². The van der Waals surface area contributed by atoms with Crippen molar-refractivity contribution in [3.05, 3.63) is 59.4 Å². The van der Waals surface area contributed by atoms with Crippen LogP contribution in [-0.2, 0) is 11.2 Å². The average Bonchev–Trinajstić information content (AvgIpc) is 2.60. The van der Waals surface area contributed by atoms with Crippen molar-refractivity contribution in [2.75, 3.05) is 7.11 Å². The zero-order chi connectivity index (χ0) is 18.7. The van der Waals surface area contributed by atoms with Crippen LogP contribution in [-0.4, -0.2) is 18.6 Å². The molecule has 0 saturated carbocycles. The maximum atomic E-state index is 13.0. The Balaban J connectivity index is 1.70. The van der Waals surface area contributed by atoms with Crippen molar-refractivity contribution in [2.45, 2.75) is 44.8 Å². The van der Waals surface area contributed by atoms with Crippen LogP contribution in [0.2, 0.25) is 0 Å². The third-order valence-electron chi connectivity index (χ3n) is 4.56. The molecule has 5 heteroatoms. The van der Waals surface area contributed by atoms with E-state index in [9.17, 15) is 9.18 Å². The largest absolute Gasteiger partial charge is 0.497 e. The molecule has 1 aliphatic heterocycles. The van der Waals surface area contributed by atoms with Gasteiger partial charge in [-0.3, -0.25) is 4.79 Å². The molecule has 1 unspecified atom stereocenters. The zero-order valence-electron chi connectivity index (χ0n) is 15.3. The topological polar surface area (TPSA) is 47.6 Å². The highest BCUT2D eigenvalue weighted by Crippen LogP contribution is 2.41. The first kappa shape index (κ1) is 18.2. The van der Waals surface area contributed by atoms with Gasteiger partial charge in [0.1, 0.15) is 22.9 Å². The molecule has 2 aromatic carbocycles. The van der Waals surface area contributed by atoms with E-state index in [4.69, 9.17) is 9.47 Å². The fourth-order valence-electron chi connectivity index (χ4n) is 3.26. The summed E-state index contributed by atoms with van der Waals surface area (Å²) in [6, 6.07) is 11.8. The first-order valence-corrected chi connectivity index (χ1v) is 8.77. The molecule has 3 rings (SSSR count). The van der Waals surface area contributed by atoms with Crippen molar-refractivity contribution in [1.29, 1.82) is 0 Å². The molecule has 2 aromatic rings. The SMILES string of the molecule is COc1ccc2c(c1)C(NC(=O)CCc1ccc(F)cc1)CC(C)(C)O2. The van der Waals surface area contributed by atoms with Gasteiger partial charge in [-0.1, -0.05) is 12.1 Å². The molecule has 0 saturated heterocycles. The van der Waals surface area contributed by atoms with Gasteiger partial charge < -0.3 is 14.8 Å². The van der Waals surface area contributed by atoms with Crippen molar-refractivity contribution in [1.82, 2.24) is 5.32 Å². The van der Waals surface area contributed by atoms with Gasteiger partial charge in [0.25, 0.3) is 0 Å². The van der Waals surface area contributed by atoms with E-state index in [2.05, 4.69) is 5.32 Å². The van der Waals surface area contributed by atoms with Crippen molar-refractivity contribution in [3.8, 4) is 11.5 Å². The van der Waals surface area contributed by atoms with Crippen LogP contribution >= 0.6 is 0 Å². The number of rotatable bonds is 5. The summed E-state index contributed by atoms with van der Waals surface area (Å²) in [7, 11) is 1.62. The lowest BCUT2D eigenvalue weighted by molar-refractivity contribution is -0.122. The lowest BCUT2D eigenvalue weighted by Gasteiger charge is -2.38. The Morgan fingerprint density at radius 3 is 2.69 bits per heavy atom. The Kier molecular flexibility index (Phi) is 5.16. The number of carbonyl (C=O) groups is 1. The summed E-state index contributed by atoms with van der Waals surface area (Å²) < 4.78 is 24.3. The van der Waals surface area contributed by atoms with Gasteiger partial charge in [-0.25, -0.2) is 4.39 Å². The predicted octanol–water partition coefficient (Wildman–Crippen LogP) is 4.19. The summed E-state index contributed by atoms with van der Waals surface area (Å²) in [5.41, 5.74) is 1.51. The molecule has 138 valence electrons. The highest BCUT2D eigenvalue weighted by molar-refractivity contribution is 5.77. The van der Waals surface area contributed by atoms with Crippen LogP contribution in [0.3, 0.4) is 0 Å². The summed E-state index contributed by atoms with van der Waals surface area (Å²) in [5.74, 6) is 1.20. The van der Waals surface area contributed by atoms with Crippen LogP contribution < -0.4 is 14.8 Å². The average molecular weight is 357 g/mol. The maximum Gasteiger partial charge on any atom is 0.220 e. The highest BCUT2D eigenvalue weighted by atomic mass is 19.1. The molecule has 1 N–H and O–H groups in total. The quantitative estimate of drug-likeness (QED) is 0.873. The Labute approximate surface area is 153 Å². The fraction of sp³-hybridized carbons (Fsp3) is 0.381. The van der Waals surface area contributed by atoms with Crippen LogP contribution in [0, 0.1) is 5.82 Å². The number of nitrogens with one attached hydrogen (secondary N) is 1. The minimum Gasteiger partial charge on any atom is -0.497 e. The van der Waals surface area contributed by atoms with Gasteiger partial charge in [-0.05, 0) is 56.2 Å². The number of methoxy groups -OCH3 is 1. The molecule has 1 aliphatic rings. The van der Waals surface area contributed by atoms with Gasteiger partial charge >= 0.3 is 0 Å². The molecule has 4 nitrogen and oxygen atoms in total. The molecule has 1 heterocycles. The third kappa shape index (κ3) is 4.34.